The molecule has 2 N–H and O–H groups in total. The molecule has 0 saturated carbocycles. The minimum atomic E-state index is -0.133. The van der Waals surface area contributed by atoms with Gasteiger partial charge in [-0.1, -0.05) is 0 Å². The molecule has 8 heteroatoms. The van der Waals surface area contributed by atoms with Gasteiger partial charge >= 0.3 is 6.03 Å². The lowest BCUT2D eigenvalue weighted by Crippen LogP contribution is -2.46. The molecule has 2 atom stereocenters. The van der Waals surface area contributed by atoms with Gasteiger partial charge in [0.1, 0.15) is 0 Å². The largest absolute Gasteiger partial charge is 0.383 e. The van der Waals surface area contributed by atoms with Crippen LogP contribution in [0.15, 0.2) is 12.4 Å². The fraction of sp³-hybridized carbons (Fsp3) is 0.667. The van der Waals surface area contributed by atoms with E-state index < -0.39 is 0 Å². The molecule has 1 aromatic rings. The average Bonchev–Trinajstić information content (AvgIpc) is 3.04. The van der Waals surface area contributed by atoms with Crippen molar-refractivity contribution in [2.45, 2.75) is 45.3 Å². The molecule has 0 spiro atoms. The molecule has 0 bridgehead atoms. The third-order valence-electron chi connectivity index (χ3n) is 3.72. The van der Waals surface area contributed by atoms with Crippen LogP contribution in [0.3, 0.4) is 0 Å². The normalized spacial score (nSPS) is 20.8. The Morgan fingerprint density at radius 2 is 2.22 bits per heavy atom. The number of rotatable bonds is 5. The zero-order valence-electron chi connectivity index (χ0n) is 14.1. The number of amides is 3. The number of aromatic nitrogens is 2. The van der Waals surface area contributed by atoms with E-state index in [-0.39, 0.29) is 30.1 Å². The number of carbonyl (C=O) groups is 2. The number of nitrogens with zero attached hydrogens (tertiary/aromatic N) is 3. The molecule has 3 amide bonds. The van der Waals surface area contributed by atoms with E-state index in [0.29, 0.717) is 18.8 Å². The van der Waals surface area contributed by atoms with Crippen molar-refractivity contribution >= 4 is 17.6 Å². The van der Waals surface area contributed by atoms with Crippen molar-refractivity contribution < 1.29 is 14.3 Å². The van der Waals surface area contributed by atoms with Crippen molar-refractivity contribution in [3.63, 3.8) is 0 Å². The Labute approximate surface area is 136 Å². The molecule has 8 nitrogen and oxygen atoms in total. The van der Waals surface area contributed by atoms with Gasteiger partial charge in [0.2, 0.25) is 5.91 Å². The summed E-state index contributed by atoms with van der Waals surface area (Å²) in [5.41, 5.74) is 0.658. The molecule has 2 heterocycles. The van der Waals surface area contributed by atoms with E-state index in [2.05, 4.69) is 15.7 Å². The molecule has 0 radical (unpaired) electrons. The summed E-state index contributed by atoms with van der Waals surface area (Å²) < 4.78 is 7.05. The molecular weight excluding hydrogens is 298 g/mol. The van der Waals surface area contributed by atoms with E-state index in [0.717, 1.165) is 6.42 Å². The first-order valence-corrected chi connectivity index (χ1v) is 7.78. The van der Waals surface area contributed by atoms with E-state index in [9.17, 15) is 9.59 Å². The Balaban J connectivity index is 2.08. The summed E-state index contributed by atoms with van der Waals surface area (Å²) in [6.07, 6.45) is 4.17. The Morgan fingerprint density at radius 1 is 1.48 bits per heavy atom. The molecule has 2 rings (SSSR count). The van der Waals surface area contributed by atoms with Crippen molar-refractivity contribution in [3.05, 3.63) is 12.4 Å². The molecule has 0 aromatic carbocycles. The van der Waals surface area contributed by atoms with Gasteiger partial charge in [0.05, 0.1) is 30.6 Å². The topological polar surface area (TPSA) is 88.5 Å². The molecule has 1 aliphatic heterocycles. The van der Waals surface area contributed by atoms with Crippen LogP contribution in [0, 0.1) is 0 Å². The summed E-state index contributed by atoms with van der Waals surface area (Å²) in [7, 11) is 1.63. The van der Waals surface area contributed by atoms with E-state index in [1.807, 2.05) is 13.8 Å². The SMILES string of the molecule is COC[C@@H]1C[C@H](n2cc(NC(C)=O)cn2)CN1C(=O)NC(C)C. The third kappa shape index (κ3) is 4.44. The summed E-state index contributed by atoms with van der Waals surface area (Å²) in [6, 6.07) is 0.0762. The fourth-order valence-corrected chi connectivity index (χ4v) is 2.82. The first kappa shape index (κ1) is 17.3. The monoisotopic (exact) mass is 323 g/mol. The number of methoxy groups -OCH3 is 1. The van der Waals surface area contributed by atoms with Crippen LogP contribution in [0.4, 0.5) is 10.5 Å². The second-order valence-electron chi connectivity index (χ2n) is 6.15. The van der Waals surface area contributed by atoms with Gasteiger partial charge in [0.15, 0.2) is 0 Å². The highest BCUT2D eigenvalue weighted by molar-refractivity contribution is 5.88. The summed E-state index contributed by atoms with van der Waals surface area (Å²) in [4.78, 5) is 25.2. The van der Waals surface area contributed by atoms with Crippen LogP contribution < -0.4 is 10.6 Å². The Hall–Kier alpha value is -2.09. The van der Waals surface area contributed by atoms with Gasteiger partial charge in [-0.3, -0.25) is 9.48 Å². The predicted octanol–water partition coefficient (Wildman–Crippen LogP) is 1.22. The smallest absolute Gasteiger partial charge is 0.317 e. The number of ether oxygens (including phenoxy) is 1. The van der Waals surface area contributed by atoms with Crippen molar-refractivity contribution in [1.29, 1.82) is 0 Å². The highest BCUT2D eigenvalue weighted by atomic mass is 16.5. The van der Waals surface area contributed by atoms with Gasteiger partial charge in [-0.05, 0) is 20.3 Å². The maximum absolute atomic E-state index is 12.3. The summed E-state index contributed by atoms with van der Waals surface area (Å²) >= 11 is 0. The van der Waals surface area contributed by atoms with Crippen LogP contribution in [-0.2, 0) is 9.53 Å². The van der Waals surface area contributed by atoms with Crippen LogP contribution in [0.25, 0.3) is 0 Å². The van der Waals surface area contributed by atoms with E-state index in [1.54, 1.807) is 29.1 Å². The lowest BCUT2D eigenvalue weighted by Gasteiger charge is -2.25. The van der Waals surface area contributed by atoms with Crippen LogP contribution in [-0.4, -0.2) is 59.0 Å². The van der Waals surface area contributed by atoms with Gasteiger partial charge in [0, 0.05) is 32.8 Å². The van der Waals surface area contributed by atoms with E-state index in [1.165, 1.54) is 6.92 Å². The first-order chi connectivity index (χ1) is 10.9. The van der Waals surface area contributed by atoms with Crippen LogP contribution in [0.1, 0.15) is 33.2 Å². The minimum Gasteiger partial charge on any atom is -0.383 e. The molecule has 23 heavy (non-hydrogen) atoms. The average molecular weight is 323 g/mol. The van der Waals surface area contributed by atoms with Gasteiger partial charge < -0.3 is 20.3 Å². The lowest BCUT2D eigenvalue weighted by molar-refractivity contribution is -0.114. The zero-order valence-corrected chi connectivity index (χ0v) is 14.1. The fourth-order valence-electron chi connectivity index (χ4n) is 2.82. The van der Waals surface area contributed by atoms with E-state index >= 15 is 0 Å². The maximum Gasteiger partial charge on any atom is 0.317 e. The molecule has 1 saturated heterocycles. The van der Waals surface area contributed by atoms with Crippen LogP contribution in [0.2, 0.25) is 0 Å². The summed E-state index contributed by atoms with van der Waals surface area (Å²) in [5.74, 6) is -0.133. The number of hydrogen-bond acceptors (Lipinski definition) is 4. The zero-order chi connectivity index (χ0) is 17.0. The highest BCUT2D eigenvalue weighted by Crippen LogP contribution is 2.28. The highest BCUT2D eigenvalue weighted by Gasteiger charge is 2.36. The number of nitrogens with one attached hydrogen (secondary N) is 2. The number of likely N-dealkylation sites (tertiary alicyclic amines) is 1. The Kier molecular flexibility index (Phi) is 5.59. The van der Waals surface area contributed by atoms with Crippen molar-refractivity contribution in [3.8, 4) is 0 Å². The Morgan fingerprint density at radius 3 is 2.83 bits per heavy atom. The molecule has 1 aliphatic rings. The molecule has 0 unspecified atom stereocenters. The standard InChI is InChI=1S/C15H25N5O3/c1-10(2)17-15(22)19-8-13(5-14(19)9-23-4)20-7-12(6-16-20)18-11(3)21/h6-7,10,13-14H,5,8-9H2,1-4H3,(H,17,22)(H,18,21)/t13-,14-/m0/s1. The Bertz CT molecular complexity index is 557. The van der Waals surface area contributed by atoms with E-state index in [4.69, 9.17) is 4.74 Å². The van der Waals surface area contributed by atoms with Crippen LogP contribution >= 0.6 is 0 Å². The molecule has 1 aromatic heterocycles. The first-order valence-electron chi connectivity index (χ1n) is 7.78. The molecular formula is C15H25N5O3. The summed E-state index contributed by atoms with van der Waals surface area (Å²) in [5, 5.41) is 9.93. The second-order valence-corrected chi connectivity index (χ2v) is 6.15. The van der Waals surface area contributed by atoms with Crippen LogP contribution in [0.5, 0.6) is 0 Å². The van der Waals surface area contributed by atoms with Crippen molar-refractivity contribution in [2.24, 2.45) is 0 Å². The number of carbonyl (C=O) groups excluding carboxylic acids is 2. The quantitative estimate of drug-likeness (QED) is 0.853. The predicted molar refractivity (Wildman–Crippen MR) is 86.2 cm³/mol. The second kappa shape index (κ2) is 7.45. The maximum atomic E-state index is 12.3. The van der Waals surface area contributed by atoms with Gasteiger partial charge in [-0.25, -0.2) is 4.79 Å². The molecule has 1 fully saturated rings. The van der Waals surface area contributed by atoms with Crippen molar-refractivity contribution in [1.82, 2.24) is 20.0 Å². The van der Waals surface area contributed by atoms with Gasteiger partial charge in [-0.15, -0.1) is 0 Å². The molecule has 0 aliphatic carbocycles. The van der Waals surface area contributed by atoms with Gasteiger partial charge in [0.25, 0.3) is 0 Å². The number of hydrogen-bond donors (Lipinski definition) is 2. The lowest BCUT2D eigenvalue weighted by atomic mass is 10.2. The minimum absolute atomic E-state index is 0.0113. The number of anilines is 1. The summed E-state index contributed by atoms with van der Waals surface area (Å²) in [6.45, 7) is 6.38. The third-order valence-corrected chi connectivity index (χ3v) is 3.72. The van der Waals surface area contributed by atoms with Crippen molar-refractivity contribution in [2.75, 3.05) is 25.6 Å². The van der Waals surface area contributed by atoms with Gasteiger partial charge in [-0.2, -0.15) is 5.10 Å². The number of urea groups is 1. The molecule has 128 valence electrons.